The maximum atomic E-state index is 5.53. The smallest absolute Gasteiger partial charge is 0.191 e. The van der Waals surface area contributed by atoms with Crippen molar-refractivity contribution < 1.29 is 4.74 Å². The topological polar surface area (TPSA) is 65.0 Å². The van der Waals surface area contributed by atoms with E-state index in [1.807, 2.05) is 25.4 Å². The van der Waals surface area contributed by atoms with E-state index < -0.39 is 0 Å². The summed E-state index contributed by atoms with van der Waals surface area (Å²) in [4.78, 5) is 13.9. The van der Waals surface area contributed by atoms with Crippen LogP contribution in [-0.4, -0.2) is 57.3 Å². The highest BCUT2D eigenvalue weighted by Gasteiger charge is 2.25. The van der Waals surface area contributed by atoms with E-state index in [0.29, 0.717) is 12.6 Å². The molecule has 4 rings (SSSR count). The molecule has 1 aromatic carbocycles. The van der Waals surface area contributed by atoms with Gasteiger partial charge in [-0.15, -0.1) is 0 Å². The number of hydrogen-bond acceptors (Lipinski definition) is 5. The highest BCUT2D eigenvalue weighted by molar-refractivity contribution is 5.80. The van der Waals surface area contributed by atoms with Crippen LogP contribution in [0.15, 0.2) is 47.6 Å². The molecule has 0 bridgehead atoms. The Kier molecular flexibility index (Phi) is 7.69. The molecule has 0 aliphatic carbocycles. The van der Waals surface area contributed by atoms with Crippen LogP contribution in [0.4, 0.5) is 11.5 Å². The molecule has 7 heteroatoms. The third kappa shape index (κ3) is 5.64. The number of anilines is 2. The van der Waals surface area contributed by atoms with Crippen LogP contribution in [0.5, 0.6) is 5.75 Å². The first-order valence-corrected chi connectivity index (χ1v) is 11.8. The molecule has 1 unspecified atom stereocenters. The van der Waals surface area contributed by atoms with Gasteiger partial charge in [0.1, 0.15) is 11.6 Å². The van der Waals surface area contributed by atoms with Crippen LogP contribution in [-0.2, 0) is 6.54 Å². The zero-order chi connectivity index (χ0) is 22.2. The summed E-state index contributed by atoms with van der Waals surface area (Å²) in [6, 6.07) is 12.9. The first-order valence-electron chi connectivity index (χ1n) is 11.8. The maximum Gasteiger partial charge on any atom is 0.191 e. The second-order valence-electron chi connectivity index (χ2n) is 8.60. The van der Waals surface area contributed by atoms with E-state index in [4.69, 9.17) is 9.72 Å². The molecule has 2 aliphatic rings. The molecular formula is C25H36N6O. The summed E-state index contributed by atoms with van der Waals surface area (Å²) in [7, 11) is 3.55. The molecular weight excluding hydrogens is 400 g/mol. The van der Waals surface area contributed by atoms with Gasteiger partial charge in [0, 0.05) is 52.0 Å². The van der Waals surface area contributed by atoms with Gasteiger partial charge in [-0.25, -0.2) is 4.98 Å². The lowest BCUT2D eigenvalue weighted by Gasteiger charge is -2.22. The molecule has 2 N–H and O–H groups in total. The molecule has 1 aromatic heterocycles. The minimum Gasteiger partial charge on any atom is -0.495 e. The Labute approximate surface area is 191 Å². The first kappa shape index (κ1) is 22.2. The number of methoxy groups -OCH3 is 1. The van der Waals surface area contributed by atoms with Crippen molar-refractivity contribution in [2.45, 2.75) is 44.7 Å². The summed E-state index contributed by atoms with van der Waals surface area (Å²) < 4.78 is 5.53. The minimum absolute atomic E-state index is 0.342. The Morgan fingerprint density at radius 1 is 1.06 bits per heavy atom. The van der Waals surface area contributed by atoms with Crippen molar-refractivity contribution >= 4 is 17.5 Å². The molecule has 0 saturated carbocycles. The van der Waals surface area contributed by atoms with Crippen molar-refractivity contribution in [2.75, 3.05) is 50.1 Å². The van der Waals surface area contributed by atoms with Crippen LogP contribution >= 0.6 is 0 Å². The van der Waals surface area contributed by atoms with Gasteiger partial charge in [-0.05, 0) is 43.0 Å². The average molecular weight is 437 g/mol. The summed E-state index contributed by atoms with van der Waals surface area (Å²) in [5, 5.41) is 7.01. The number of aromatic nitrogens is 1. The molecule has 32 heavy (non-hydrogen) atoms. The van der Waals surface area contributed by atoms with Gasteiger partial charge >= 0.3 is 0 Å². The van der Waals surface area contributed by atoms with E-state index in [2.05, 4.69) is 49.7 Å². The third-order valence-electron chi connectivity index (χ3n) is 6.38. The summed E-state index contributed by atoms with van der Waals surface area (Å²) >= 11 is 0. The summed E-state index contributed by atoms with van der Waals surface area (Å²) in [6.07, 6.45) is 8.25. The SMILES string of the molecule is CN=C(NCc1ccc(N2CCCCCC2)nc1)NC1CCN(c2ccccc2OC)C1. The highest BCUT2D eigenvalue weighted by atomic mass is 16.5. The molecule has 7 nitrogen and oxygen atoms in total. The van der Waals surface area contributed by atoms with Crippen molar-refractivity contribution in [3.63, 3.8) is 0 Å². The number of aliphatic imine (C=N–C) groups is 1. The normalized spacial score (nSPS) is 19.6. The number of hydrogen-bond donors (Lipinski definition) is 2. The second kappa shape index (κ2) is 11.1. The van der Waals surface area contributed by atoms with E-state index >= 15 is 0 Å². The quantitative estimate of drug-likeness (QED) is 0.534. The summed E-state index contributed by atoms with van der Waals surface area (Å²) in [5.41, 5.74) is 2.31. The van der Waals surface area contributed by atoms with Crippen LogP contribution in [0.25, 0.3) is 0 Å². The molecule has 172 valence electrons. The van der Waals surface area contributed by atoms with Gasteiger partial charge in [0.2, 0.25) is 0 Å². The fourth-order valence-electron chi connectivity index (χ4n) is 4.57. The Bertz CT molecular complexity index is 876. The minimum atomic E-state index is 0.342. The van der Waals surface area contributed by atoms with Crippen LogP contribution in [0.3, 0.4) is 0 Å². The first-order chi connectivity index (χ1) is 15.8. The average Bonchev–Trinajstić information content (AvgIpc) is 3.13. The number of pyridine rings is 1. The molecule has 2 aromatic rings. The number of rotatable bonds is 6. The zero-order valence-electron chi connectivity index (χ0n) is 19.4. The lowest BCUT2D eigenvalue weighted by atomic mass is 10.2. The van der Waals surface area contributed by atoms with Gasteiger partial charge in [0.25, 0.3) is 0 Å². The van der Waals surface area contributed by atoms with Gasteiger partial charge in [-0.2, -0.15) is 0 Å². The van der Waals surface area contributed by atoms with Crippen molar-refractivity contribution in [1.29, 1.82) is 0 Å². The number of nitrogens with one attached hydrogen (secondary N) is 2. The predicted octanol–water partition coefficient (Wildman–Crippen LogP) is 3.41. The van der Waals surface area contributed by atoms with E-state index in [1.54, 1.807) is 7.11 Å². The Morgan fingerprint density at radius 3 is 2.59 bits per heavy atom. The fraction of sp³-hybridized carbons (Fsp3) is 0.520. The number of ether oxygens (including phenoxy) is 1. The lowest BCUT2D eigenvalue weighted by Crippen LogP contribution is -2.44. The standard InChI is InChI=1S/C25H36N6O/c1-26-25(29-21-13-16-31(19-21)22-9-5-6-10-23(22)32-2)28-18-20-11-12-24(27-17-20)30-14-7-3-4-8-15-30/h5-6,9-12,17,21H,3-4,7-8,13-16,18-19H2,1-2H3,(H2,26,28,29). The molecule has 2 fully saturated rings. The predicted molar refractivity (Wildman–Crippen MR) is 132 cm³/mol. The summed E-state index contributed by atoms with van der Waals surface area (Å²) in [5.74, 6) is 2.85. The van der Waals surface area contributed by atoms with Gasteiger partial charge in [-0.3, -0.25) is 4.99 Å². The molecule has 3 heterocycles. The van der Waals surface area contributed by atoms with Crippen LogP contribution in [0.2, 0.25) is 0 Å². The molecule has 2 aliphatic heterocycles. The van der Waals surface area contributed by atoms with Crippen LogP contribution in [0.1, 0.15) is 37.7 Å². The van der Waals surface area contributed by atoms with E-state index in [9.17, 15) is 0 Å². The van der Waals surface area contributed by atoms with Gasteiger partial charge in [0.15, 0.2) is 5.96 Å². The lowest BCUT2D eigenvalue weighted by molar-refractivity contribution is 0.415. The number of benzene rings is 1. The maximum absolute atomic E-state index is 5.53. The van der Waals surface area contributed by atoms with Gasteiger partial charge in [-0.1, -0.05) is 31.0 Å². The Balaban J connectivity index is 1.27. The van der Waals surface area contributed by atoms with Crippen molar-refractivity contribution in [2.24, 2.45) is 4.99 Å². The van der Waals surface area contributed by atoms with Crippen molar-refractivity contribution in [3.05, 3.63) is 48.2 Å². The number of para-hydroxylation sites is 2. The Hall–Kier alpha value is -2.96. The van der Waals surface area contributed by atoms with Crippen LogP contribution < -0.4 is 25.2 Å². The molecule has 0 radical (unpaired) electrons. The van der Waals surface area contributed by atoms with Crippen molar-refractivity contribution in [1.82, 2.24) is 15.6 Å². The number of guanidine groups is 1. The molecule has 0 amide bonds. The van der Waals surface area contributed by atoms with Gasteiger partial charge in [0.05, 0.1) is 12.8 Å². The third-order valence-corrected chi connectivity index (χ3v) is 6.38. The largest absolute Gasteiger partial charge is 0.495 e. The molecule has 1 atom stereocenters. The molecule has 2 saturated heterocycles. The second-order valence-corrected chi connectivity index (χ2v) is 8.60. The van der Waals surface area contributed by atoms with Crippen molar-refractivity contribution in [3.8, 4) is 5.75 Å². The molecule has 0 spiro atoms. The summed E-state index contributed by atoms with van der Waals surface area (Å²) in [6.45, 7) is 4.86. The zero-order valence-corrected chi connectivity index (χ0v) is 19.4. The van der Waals surface area contributed by atoms with E-state index in [0.717, 1.165) is 61.4 Å². The monoisotopic (exact) mass is 436 g/mol. The van der Waals surface area contributed by atoms with E-state index in [1.165, 1.54) is 25.7 Å². The van der Waals surface area contributed by atoms with Crippen LogP contribution in [0, 0.1) is 0 Å². The Morgan fingerprint density at radius 2 is 1.88 bits per heavy atom. The van der Waals surface area contributed by atoms with Gasteiger partial charge < -0.3 is 25.2 Å². The highest BCUT2D eigenvalue weighted by Crippen LogP contribution is 2.30. The van der Waals surface area contributed by atoms with E-state index in [-0.39, 0.29) is 0 Å². The fourth-order valence-corrected chi connectivity index (χ4v) is 4.57. The number of nitrogens with zero attached hydrogens (tertiary/aromatic N) is 4.